The summed E-state index contributed by atoms with van der Waals surface area (Å²) in [5, 5.41) is 2.36. The molecule has 3 rings (SSSR count). The second-order valence-corrected chi connectivity index (χ2v) is 8.45. The van der Waals surface area contributed by atoms with Gasteiger partial charge in [0.15, 0.2) is 0 Å². The molecule has 0 amide bonds. The maximum Gasteiger partial charge on any atom is 0.233 e. The van der Waals surface area contributed by atoms with Crippen LogP contribution in [0.2, 0.25) is 0 Å². The lowest BCUT2D eigenvalue weighted by Crippen LogP contribution is -2.33. The van der Waals surface area contributed by atoms with Gasteiger partial charge in [0.25, 0.3) is 0 Å². The van der Waals surface area contributed by atoms with Crippen LogP contribution in [0, 0.1) is 0 Å². The van der Waals surface area contributed by atoms with E-state index < -0.39 is 10.0 Å². The van der Waals surface area contributed by atoms with Gasteiger partial charge >= 0.3 is 0 Å². The van der Waals surface area contributed by atoms with Gasteiger partial charge in [-0.1, -0.05) is 48.5 Å². The fourth-order valence-corrected chi connectivity index (χ4v) is 4.01. The van der Waals surface area contributed by atoms with Gasteiger partial charge in [0, 0.05) is 42.1 Å². The highest BCUT2D eigenvalue weighted by atomic mass is 32.2. The number of nitrogens with one attached hydrogen (secondary N) is 1. The third kappa shape index (κ3) is 4.66. The largest absolute Gasteiger partial charge is 0.350 e. The van der Waals surface area contributed by atoms with Crippen molar-refractivity contribution in [3.63, 3.8) is 0 Å². The molecule has 0 bridgehead atoms. The maximum absolute atomic E-state index is 12.4. The average molecular weight is 384 g/mol. The summed E-state index contributed by atoms with van der Waals surface area (Å²) in [6, 6.07) is 17.5. The van der Waals surface area contributed by atoms with Crippen LogP contribution in [0.3, 0.4) is 0 Å². The van der Waals surface area contributed by atoms with Gasteiger partial charge in [-0.25, -0.2) is 13.1 Å². The minimum absolute atomic E-state index is 0.0731. The molecular formula is C21H25N3O2S. The molecule has 1 aromatic heterocycles. The van der Waals surface area contributed by atoms with Gasteiger partial charge in [0.2, 0.25) is 10.0 Å². The topological polar surface area (TPSA) is 54.3 Å². The minimum Gasteiger partial charge on any atom is -0.350 e. The van der Waals surface area contributed by atoms with Crippen LogP contribution in [-0.4, -0.2) is 38.5 Å². The molecule has 1 atom stereocenters. The Morgan fingerprint density at radius 1 is 1.07 bits per heavy atom. The van der Waals surface area contributed by atoms with Gasteiger partial charge in [0.1, 0.15) is 0 Å². The number of rotatable bonds is 7. The van der Waals surface area contributed by atoms with Crippen LogP contribution in [-0.2, 0) is 17.1 Å². The van der Waals surface area contributed by atoms with Crippen molar-refractivity contribution in [3.8, 4) is 0 Å². The predicted octanol–water partition coefficient (Wildman–Crippen LogP) is 3.37. The summed E-state index contributed by atoms with van der Waals surface area (Å²) in [4.78, 5) is 2.03. The molecule has 0 fully saturated rings. The normalized spacial score (nSPS) is 13.6. The summed E-state index contributed by atoms with van der Waals surface area (Å²) in [5.41, 5.74) is 3.08. The Morgan fingerprint density at radius 3 is 2.44 bits per heavy atom. The van der Waals surface area contributed by atoms with Crippen LogP contribution >= 0.6 is 0 Å². The number of fused-ring (bicyclic) bond motifs is 1. The molecule has 142 valence electrons. The number of likely N-dealkylation sites (N-methyl/N-ethyl adjacent to an activating group) is 1. The van der Waals surface area contributed by atoms with E-state index in [2.05, 4.69) is 27.6 Å². The molecule has 1 N–H and O–H groups in total. The van der Waals surface area contributed by atoms with E-state index in [-0.39, 0.29) is 6.04 Å². The lowest BCUT2D eigenvalue weighted by molar-refractivity contribution is 0.301. The summed E-state index contributed by atoms with van der Waals surface area (Å²) < 4.78 is 29.6. The number of para-hydroxylation sites is 1. The first-order chi connectivity index (χ1) is 12.9. The molecule has 0 saturated heterocycles. The Hall–Kier alpha value is -2.41. The number of nitrogens with zero attached hydrogens (tertiary/aromatic N) is 2. The van der Waals surface area contributed by atoms with Crippen LogP contribution in [0.25, 0.3) is 17.0 Å². The zero-order valence-corrected chi connectivity index (χ0v) is 16.6. The van der Waals surface area contributed by atoms with Gasteiger partial charge in [-0.05, 0) is 37.4 Å². The first-order valence-electron chi connectivity index (χ1n) is 8.80. The first-order valence-corrected chi connectivity index (χ1v) is 10.4. The molecule has 5 nitrogen and oxygen atoms in total. The molecule has 0 aliphatic heterocycles. The van der Waals surface area contributed by atoms with E-state index in [1.807, 2.05) is 68.5 Å². The maximum atomic E-state index is 12.4. The van der Waals surface area contributed by atoms with Crippen LogP contribution in [0.4, 0.5) is 0 Å². The van der Waals surface area contributed by atoms with Crippen molar-refractivity contribution in [2.45, 2.75) is 6.04 Å². The molecular weight excluding hydrogens is 358 g/mol. The molecule has 27 heavy (non-hydrogen) atoms. The summed E-state index contributed by atoms with van der Waals surface area (Å²) >= 11 is 0. The molecule has 0 spiro atoms. The molecule has 0 radical (unpaired) electrons. The average Bonchev–Trinajstić information content (AvgIpc) is 2.98. The van der Waals surface area contributed by atoms with Gasteiger partial charge in [0.05, 0.1) is 0 Å². The van der Waals surface area contributed by atoms with Crippen molar-refractivity contribution in [2.24, 2.45) is 7.05 Å². The number of benzene rings is 2. The highest BCUT2D eigenvalue weighted by molar-refractivity contribution is 7.92. The van der Waals surface area contributed by atoms with Crippen LogP contribution in [0.5, 0.6) is 0 Å². The van der Waals surface area contributed by atoms with E-state index in [4.69, 9.17) is 0 Å². The van der Waals surface area contributed by atoms with E-state index in [0.29, 0.717) is 6.54 Å². The molecule has 0 aliphatic carbocycles. The standard InChI is InChI=1S/C21H25N3O2S/c1-23(2)21(19-16-24(3)20-12-8-7-11-18(19)20)15-22-27(25,26)14-13-17-9-5-4-6-10-17/h4-14,16,21-22H,15H2,1-3H3/b14-13+/t21-/m1/s1. The van der Waals surface area contributed by atoms with E-state index in [9.17, 15) is 8.42 Å². The van der Waals surface area contributed by atoms with Crippen molar-refractivity contribution in [3.05, 3.63) is 77.3 Å². The van der Waals surface area contributed by atoms with Gasteiger partial charge in [-0.15, -0.1) is 0 Å². The number of hydrogen-bond donors (Lipinski definition) is 1. The van der Waals surface area contributed by atoms with Crippen molar-refractivity contribution in [2.75, 3.05) is 20.6 Å². The Balaban J connectivity index is 1.80. The zero-order chi connectivity index (χ0) is 19.4. The number of sulfonamides is 1. The fraction of sp³-hybridized carbons (Fsp3) is 0.238. The second kappa shape index (κ2) is 8.08. The SMILES string of the molecule is CN(C)[C@H](CNS(=O)(=O)/C=C/c1ccccc1)c1cn(C)c2ccccc12. The van der Waals surface area contributed by atoms with E-state index in [0.717, 1.165) is 22.0 Å². The predicted molar refractivity (Wildman–Crippen MR) is 112 cm³/mol. The molecule has 0 aliphatic rings. The Labute approximate surface area is 161 Å². The molecule has 6 heteroatoms. The van der Waals surface area contributed by atoms with Crippen molar-refractivity contribution >= 4 is 27.0 Å². The third-order valence-electron chi connectivity index (χ3n) is 4.63. The molecule has 3 aromatic rings. The molecule has 1 heterocycles. The van der Waals surface area contributed by atoms with Gasteiger partial charge < -0.3 is 9.47 Å². The molecule has 0 saturated carbocycles. The van der Waals surface area contributed by atoms with Crippen LogP contribution in [0.1, 0.15) is 17.2 Å². The number of hydrogen-bond acceptors (Lipinski definition) is 3. The Morgan fingerprint density at radius 2 is 1.74 bits per heavy atom. The lowest BCUT2D eigenvalue weighted by Gasteiger charge is -2.24. The Bertz CT molecular complexity index is 1040. The van der Waals surface area contributed by atoms with E-state index in [1.54, 1.807) is 6.08 Å². The van der Waals surface area contributed by atoms with Crippen LogP contribution < -0.4 is 4.72 Å². The van der Waals surface area contributed by atoms with E-state index in [1.165, 1.54) is 5.41 Å². The first kappa shape index (κ1) is 19.4. The Kier molecular flexibility index (Phi) is 5.79. The monoisotopic (exact) mass is 383 g/mol. The summed E-state index contributed by atoms with van der Waals surface area (Å²) in [6.07, 6.45) is 3.67. The van der Waals surface area contributed by atoms with Crippen molar-refractivity contribution < 1.29 is 8.42 Å². The summed E-state index contributed by atoms with van der Waals surface area (Å²) in [6.45, 7) is 0.294. The highest BCUT2D eigenvalue weighted by Crippen LogP contribution is 2.28. The summed E-state index contributed by atoms with van der Waals surface area (Å²) in [7, 11) is 2.40. The number of aryl methyl sites for hydroxylation is 1. The minimum atomic E-state index is -3.53. The van der Waals surface area contributed by atoms with Crippen molar-refractivity contribution in [1.29, 1.82) is 0 Å². The highest BCUT2D eigenvalue weighted by Gasteiger charge is 2.20. The lowest BCUT2D eigenvalue weighted by atomic mass is 10.1. The molecule has 0 unspecified atom stereocenters. The van der Waals surface area contributed by atoms with Gasteiger partial charge in [-0.3, -0.25) is 0 Å². The van der Waals surface area contributed by atoms with E-state index >= 15 is 0 Å². The smallest absolute Gasteiger partial charge is 0.233 e. The van der Waals surface area contributed by atoms with Crippen LogP contribution in [0.15, 0.2) is 66.2 Å². The summed E-state index contributed by atoms with van der Waals surface area (Å²) in [5.74, 6) is 0. The quantitative estimate of drug-likeness (QED) is 0.681. The molecule has 2 aromatic carbocycles. The number of aromatic nitrogens is 1. The fourth-order valence-electron chi connectivity index (χ4n) is 3.18. The zero-order valence-electron chi connectivity index (χ0n) is 15.8. The van der Waals surface area contributed by atoms with Crippen molar-refractivity contribution in [1.82, 2.24) is 14.2 Å². The second-order valence-electron chi connectivity index (χ2n) is 6.80. The van der Waals surface area contributed by atoms with Gasteiger partial charge in [-0.2, -0.15) is 0 Å². The third-order valence-corrected chi connectivity index (χ3v) is 5.69.